The van der Waals surface area contributed by atoms with Crippen LogP contribution in [0.3, 0.4) is 0 Å². The standard InChI is InChI=1S/C24H14O2/c25-14-15-6-1-2-7-16(15)18-12-13-22-23-19(10-5-11-20(18)23)17-8-3-4-9-21(17)24(22)26/h1-14H. The zero-order chi connectivity index (χ0) is 17.7. The van der Waals surface area contributed by atoms with Crippen LogP contribution in [0.5, 0.6) is 0 Å². The first-order chi connectivity index (χ1) is 12.8. The molecule has 122 valence electrons. The van der Waals surface area contributed by atoms with Crippen LogP contribution in [0.1, 0.15) is 26.3 Å². The van der Waals surface area contributed by atoms with Gasteiger partial charge in [-0.2, -0.15) is 0 Å². The molecule has 1 aliphatic rings. The van der Waals surface area contributed by atoms with E-state index in [1.807, 2.05) is 72.8 Å². The first kappa shape index (κ1) is 14.8. The van der Waals surface area contributed by atoms with Gasteiger partial charge in [0.25, 0.3) is 0 Å². The Morgan fingerprint density at radius 1 is 0.538 bits per heavy atom. The van der Waals surface area contributed by atoms with Crippen molar-refractivity contribution in [2.45, 2.75) is 0 Å². The molecule has 0 radical (unpaired) electrons. The third kappa shape index (κ3) is 1.93. The molecule has 0 aromatic heterocycles. The molecule has 0 atom stereocenters. The minimum atomic E-state index is 0.0551. The molecule has 26 heavy (non-hydrogen) atoms. The van der Waals surface area contributed by atoms with E-state index in [1.165, 1.54) is 0 Å². The fraction of sp³-hybridized carbons (Fsp3) is 0. The second-order valence-corrected chi connectivity index (χ2v) is 6.47. The van der Waals surface area contributed by atoms with Crippen molar-refractivity contribution < 1.29 is 9.59 Å². The molecule has 2 nitrogen and oxygen atoms in total. The molecule has 1 aliphatic carbocycles. The zero-order valence-corrected chi connectivity index (χ0v) is 13.9. The highest BCUT2D eigenvalue weighted by Gasteiger charge is 2.25. The van der Waals surface area contributed by atoms with Gasteiger partial charge in [-0.3, -0.25) is 9.59 Å². The van der Waals surface area contributed by atoms with Crippen LogP contribution >= 0.6 is 0 Å². The largest absolute Gasteiger partial charge is 0.298 e. The van der Waals surface area contributed by atoms with Crippen molar-refractivity contribution in [2.75, 3.05) is 0 Å². The Morgan fingerprint density at radius 2 is 1.19 bits per heavy atom. The summed E-state index contributed by atoms with van der Waals surface area (Å²) in [5, 5.41) is 1.96. The lowest BCUT2D eigenvalue weighted by atomic mass is 9.81. The average Bonchev–Trinajstić information content (AvgIpc) is 2.71. The number of ketones is 1. The average molecular weight is 334 g/mol. The van der Waals surface area contributed by atoms with Gasteiger partial charge in [-0.1, -0.05) is 72.8 Å². The van der Waals surface area contributed by atoms with Gasteiger partial charge in [-0.15, -0.1) is 0 Å². The normalized spacial score (nSPS) is 12.1. The van der Waals surface area contributed by atoms with Crippen LogP contribution in [0.2, 0.25) is 0 Å². The van der Waals surface area contributed by atoms with Gasteiger partial charge < -0.3 is 0 Å². The number of hydrogen-bond donors (Lipinski definition) is 0. The molecule has 0 N–H and O–H groups in total. The van der Waals surface area contributed by atoms with Crippen molar-refractivity contribution in [1.29, 1.82) is 0 Å². The second kappa shape index (κ2) is 5.50. The van der Waals surface area contributed by atoms with Gasteiger partial charge in [0.05, 0.1) is 0 Å². The molecular weight excluding hydrogens is 320 g/mol. The van der Waals surface area contributed by atoms with Crippen LogP contribution in [0.4, 0.5) is 0 Å². The SMILES string of the molecule is O=Cc1ccccc1-c1ccc2c3c(cccc13)-c1ccccc1C2=O. The Morgan fingerprint density at radius 3 is 2.00 bits per heavy atom. The fourth-order valence-electron chi connectivity index (χ4n) is 3.96. The highest BCUT2D eigenvalue weighted by atomic mass is 16.1. The predicted octanol–water partition coefficient (Wildman–Crippen LogP) is 5.53. The van der Waals surface area contributed by atoms with Gasteiger partial charge in [0, 0.05) is 22.1 Å². The van der Waals surface area contributed by atoms with Crippen molar-refractivity contribution in [3.63, 3.8) is 0 Å². The minimum absolute atomic E-state index is 0.0551. The number of aldehydes is 1. The monoisotopic (exact) mass is 334 g/mol. The summed E-state index contributed by atoms with van der Waals surface area (Å²) >= 11 is 0. The number of benzene rings is 4. The maximum Gasteiger partial charge on any atom is 0.194 e. The molecule has 0 saturated heterocycles. The van der Waals surface area contributed by atoms with Crippen molar-refractivity contribution >= 4 is 22.8 Å². The van der Waals surface area contributed by atoms with Crippen molar-refractivity contribution in [1.82, 2.24) is 0 Å². The molecule has 4 aromatic carbocycles. The molecule has 0 spiro atoms. The molecule has 0 saturated carbocycles. The van der Waals surface area contributed by atoms with E-state index >= 15 is 0 Å². The Labute approximate surface area is 150 Å². The second-order valence-electron chi connectivity index (χ2n) is 6.47. The van der Waals surface area contributed by atoms with E-state index in [0.29, 0.717) is 5.56 Å². The van der Waals surface area contributed by atoms with E-state index in [1.54, 1.807) is 0 Å². The summed E-state index contributed by atoms with van der Waals surface area (Å²) in [6, 6.07) is 25.2. The van der Waals surface area contributed by atoms with E-state index in [2.05, 4.69) is 6.07 Å². The summed E-state index contributed by atoms with van der Waals surface area (Å²) in [5.74, 6) is 0.0551. The van der Waals surface area contributed by atoms with Crippen LogP contribution in [0.15, 0.2) is 78.9 Å². The van der Waals surface area contributed by atoms with E-state index < -0.39 is 0 Å². The minimum Gasteiger partial charge on any atom is -0.298 e. The smallest absolute Gasteiger partial charge is 0.194 e. The summed E-state index contributed by atoms with van der Waals surface area (Å²) < 4.78 is 0. The predicted molar refractivity (Wildman–Crippen MR) is 104 cm³/mol. The Bertz CT molecular complexity index is 1220. The summed E-state index contributed by atoms with van der Waals surface area (Å²) in [6.45, 7) is 0. The zero-order valence-electron chi connectivity index (χ0n) is 13.9. The van der Waals surface area contributed by atoms with Gasteiger partial charge in [0.15, 0.2) is 12.1 Å². The Hall–Kier alpha value is -3.52. The molecular formula is C24H14O2. The van der Waals surface area contributed by atoms with E-state index in [9.17, 15) is 9.59 Å². The van der Waals surface area contributed by atoms with Gasteiger partial charge in [0.2, 0.25) is 0 Å². The Balaban J connectivity index is 1.92. The highest BCUT2D eigenvalue weighted by molar-refractivity contribution is 6.27. The molecule has 2 heteroatoms. The summed E-state index contributed by atoms with van der Waals surface area (Å²) in [4.78, 5) is 24.5. The van der Waals surface area contributed by atoms with E-state index in [4.69, 9.17) is 0 Å². The molecule has 0 heterocycles. The van der Waals surface area contributed by atoms with Crippen LogP contribution < -0.4 is 0 Å². The molecule has 0 bridgehead atoms. The van der Waals surface area contributed by atoms with Crippen LogP contribution in [-0.4, -0.2) is 12.1 Å². The van der Waals surface area contributed by atoms with Crippen molar-refractivity contribution in [3.05, 3.63) is 95.6 Å². The lowest BCUT2D eigenvalue weighted by Crippen LogP contribution is -2.10. The molecule has 0 aliphatic heterocycles. The number of hydrogen-bond acceptors (Lipinski definition) is 2. The van der Waals surface area contributed by atoms with Gasteiger partial charge in [-0.25, -0.2) is 0 Å². The quantitative estimate of drug-likeness (QED) is 0.398. The maximum atomic E-state index is 13.0. The molecule has 0 unspecified atom stereocenters. The Kier molecular flexibility index (Phi) is 3.13. The lowest BCUT2D eigenvalue weighted by Gasteiger charge is -2.21. The number of carbonyl (C=O) groups is 2. The molecule has 4 aromatic rings. The van der Waals surface area contributed by atoms with Crippen molar-refractivity contribution in [3.8, 4) is 22.3 Å². The lowest BCUT2D eigenvalue weighted by molar-refractivity contribution is 0.103. The van der Waals surface area contributed by atoms with E-state index in [-0.39, 0.29) is 5.78 Å². The molecule has 5 rings (SSSR count). The summed E-state index contributed by atoms with van der Waals surface area (Å²) in [7, 11) is 0. The first-order valence-electron chi connectivity index (χ1n) is 8.54. The third-order valence-electron chi connectivity index (χ3n) is 5.13. The van der Waals surface area contributed by atoms with Gasteiger partial charge in [0.1, 0.15) is 0 Å². The van der Waals surface area contributed by atoms with E-state index in [0.717, 1.165) is 50.4 Å². The first-order valence-corrected chi connectivity index (χ1v) is 8.54. The van der Waals surface area contributed by atoms with Gasteiger partial charge in [-0.05, 0) is 33.7 Å². The number of carbonyl (C=O) groups excluding carboxylic acids is 2. The van der Waals surface area contributed by atoms with Crippen molar-refractivity contribution in [2.24, 2.45) is 0 Å². The van der Waals surface area contributed by atoms with Gasteiger partial charge >= 0.3 is 0 Å². The number of fused-ring (bicyclic) bond motifs is 2. The summed E-state index contributed by atoms with van der Waals surface area (Å²) in [5.41, 5.74) is 6.01. The number of rotatable bonds is 2. The topological polar surface area (TPSA) is 34.1 Å². The maximum absolute atomic E-state index is 13.0. The van der Waals surface area contributed by atoms with Crippen LogP contribution in [0.25, 0.3) is 33.0 Å². The molecule has 0 amide bonds. The highest BCUT2D eigenvalue weighted by Crippen LogP contribution is 2.42. The third-order valence-corrected chi connectivity index (χ3v) is 5.13. The summed E-state index contributed by atoms with van der Waals surface area (Å²) in [6.07, 6.45) is 0.880. The molecule has 0 fully saturated rings. The van der Waals surface area contributed by atoms with Crippen LogP contribution in [-0.2, 0) is 0 Å². The fourth-order valence-corrected chi connectivity index (χ4v) is 3.96. The van der Waals surface area contributed by atoms with Crippen LogP contribution in [0, 0.1) is 0 Å².